The molecule has 1 heterocycles. The molecule has 2 rings (SSSR count). The van der Waals surface area contributed by atoms with Crippen LogP contribution >= 0.6 is 0 Å². The second-order valence-corrected chi connectivity index (χ2v) is 24.1. The lowest BCUT2D eigenvalue weighted by Crippen LogP contribution is -2.62. The zero-order valence-electron chi connectivity index (χ0n) is 55.8. The van der Waals surface area contributed by atoms with Gasteiger partial charge in [-0.15, -0.1) is 0 Å². The second-order valence-electron chi connectivity index (χ2n) is 24.1. The maximum atomic E-state index is 14.7. The molecule has 1 aromatic rings. The molecule has 97 heavy (non-hydrogen) atoms. The Balaban J connectivity index is 2.84. The van der Waals surface area contributed by atoms with Crippen molar-refractivity contribution in [3.8, 4) is 0 Å². The van der Waals surface area contributed by atoms with Crippen LogP contribution in [0.5, 0.6) is 0 Å². The second kappa shape index (κ2) is 44.2. The first-order valence-electron chi connectivity index (χ1n) is 32.3. The number of aliphatic hydroxyl groups excluding tert-OH is 2. The highest BCUT2D eigenvalue weighted by atomic mass is 16.3. The van der Waals surface area contributed by atoms with Gasteiger partial charge in [-0.25, -0.2) is 19.2 Å². The fourth-order valence-corrected chi connectivity index (χ4v) is 9.81. The molecule has 13 atom stereocenters. The van der Waals surface area contributed by atoms with Crippen LogP contribution in [0, 0.1) is 11.8 Å². The summed E-state index contributed by atoms with van der Waals surface area (Å²) in [7, 11) is 0. The summed E-state index contributed by atoms with van der Waals surface area (Å²) in [5, 5.41) is 58.4. The number of nitrogens with one attached hydrogen (secondary N) is 15. The quantitative estimate of drug-likeness (QED) is 0.0291. The summed E-state index contributed by atoms with van der Waals surface area (Å²) in [6.45, 7) is 7.54. The smallest absolute Gasteiger partial charge is 0.312 e. The Morgan fingerprint density at radius 1 is 0.536 bits per heavy atom. The largest absolute Gasteiger partial charge is 0.391 e. The molecule has 0 spiro atoms. The van der Waals surface area contributed by atoms with Crippen molar-refractivity contribution in [3.05, 3.63) is 35.9 Å². The van der Waals surface area contributed by atoms with Crippen molar-refractivity contribution in [3.63, 3.8) is 0 Å². The molecule has 0 bridgehead atoms. The monoisotopic (exact) mass is 1370 g/mol. The molecule has 1 unspecified atom stereocenters. The number of rotatable bonds is 33. The van der Waals surface area contributed by atoms with E-state index in [1.54, 1.807) is 44.2 Å². The predicted octanol–water partition coefficient (Wildman–Crippen LogP) is -6.41. The number of aliphatic hydroxyl groups is 2. The molecule has 37 heteroatoms. The number of primary amides is 4. The van der Waals surface area contributed by atoms with Crippen molar-refractivity contribution in [2.75, 3.05) is 39.3 Å². The van der Waals surface area contributed by atoms with Gasteiger partial charge in [0.05, 0.1) is 12.2 Å². The molecule has 1 fully saturated rings. The highest BCUT2D eigenvalue weighted by Gasteiger charge is 2.38. The van der Waals surface area contributed by atoms with Gasteiger partial charge in [-0.05, 0) is 89.2 Å². The molecule has 1 saturated heterocycles. The van der Waals surface area contributed by atoms with E-state index in [1.165, 1.54) is 0 Å². The number of hydrogen-bond donors (Lipinski definition) is 22. The minimum absolute atomic E-state index is 0.0214. The van der Waals surface area contributed by atoms with E-state index in [9.17, 15) is 82.1 Å². The SMILES string of the molecule is CCC(C)CCCCC(=O)N[C@@H](CCNC(N)=O)C(=O)N[C@H](C(=O)N[C@@H](CCNC(N)=O)C(=O)N[C@H]1CCNC(=O)[C@H]([C@@H](C)O)NC(=O)[C@H](CCNC(N)=O)NC(=O)[C@H](CCNC(N)=O)NC(=O)[C@H](CC(C)C)NC(=O)[C@@H](Cc2ccccc2)NC(=O)[C@H](CCN)NC1=O)[C@@H](C)O. The van der Waals surface area contributed by atoms with E-state index in [0.717, 1.165) is 26.7 Å². The average Bonchev–Trinajstić information content (AvgIpc) is 1.08. The summed E-state index contributed by atoms with van der Waals surface area (Å²) in [6, 6.07) is -12.4. The van der Waals surface area contributed by atoms with Crippen molar-refractivity contribution in [2.45, 2.75) is 198 Å². The van der Waals surface area contributed by atoms with Crippen LogP contribution in [-0.4, -0.2) is 211 Å². The summed E-state index contributed by atoms with van der Waals surface area (Å²) in [6.07, 6.45) is -3.20. The van der Waals surface area contributed by atoms with Crippen LogP contribution in [0.1, 0.15) is 124 Å². The summed E-state index contributed by atoms with van der Waals surface area (Å²) < 4.78 is 0. The van der Waals surface area contributed by atoms with Gasteiger partial charge in [0.25, 0.3) is 0 Å². The third kappa shape index (κ3) is 33.0. The normalized spacial score (nSPS) is 21.2. The van der Waals surface area contributed by atoms with E-state index in [2.05, 4.69) is 86.7 Å². The third-order valence-corrected chi connectivity index (χ3v) is 15.4. The van der Waals surface area contributed by atoms with Gasteiger partial charge in [-0.3, -0.25) is 52.7 Å². The molecule has 1 aliphatic heterocycles. The zero-order valence-corrected chi connectivity index (χ0v) is 55.8. The Bertz CT molecular complexity index is 2820. The van der Waals surface area contributed by atoms with E-state index in [-0.39, 0.29) is 70.6 Å². The standard InChI is InChI=1S/C60H102N20O17/c1-7-32(4)13-11-12-16-44(83)71-37(19-25-67-57(62)94)51(88)80-46(34(6)82)56(93)76-40(21-27-69-59(64)96)50(87)73-38-18-24-66-55(92)45(33(5)81)79-52(89)41(22-28-70-60(65)97)74-49(86)39(20-26-68-58(63)95)75-53(90)42(29-31(2)3)77-54(91)43(30-35-14-9-8-10-15-35)78-47(84)36(17-23-61)72-48(38)85/h8-10,14-15,31-34,36-43,45-46,81-82H,7,11-13,16-30,61H2,1-6H3,(H,66,92)(H,71,83)(H,72,85)(H,73,87)(H,74,86)(H,75,90)(H,76,93)(H,77,91)(H,78,84)(H,79,89)(H,80,88)(H3,62,67,94)(H3,63,68,95)(H3,64,69,96)(H3,65,70,97)/t32?,33-,34-,36+,37+,38+,39+,40+,41+,42+,43-,45+,46+/m1/s1. The van der Waals surface area contributed by atoms with Crippen LogP contribution in [0.2, 0.25) is 0 Å². The summed E-state index contributed by atoms with van der Waals surface area (Å²) in [4.78, 5) is 204. The van der Waals surface area contributed by atoms with Crippen molar-refractivity contribution in [2.24, 2.45) is 40.5 Å². The van der Waals surface area contributed by atoms with Gasteiger partial charge in [-0.2, -0.15) is 0 Å². The third-order valence-electron chi connectivity index (χ3n) is 15.4. The Kier molecular flexibility index (Phi) is 38.0. The molecule has 544 valence electrons. The number of unbranched alkanes of at least 4 members (excludes halogenated alkanes) is 1. The molecule has 0 saturated carbocycles. The van der Waals surface area contributed by atoms with Gasteiger partial charge in [0.2, 0.25) is 65.0 Å². The Hall–Kier alpha value is -9.65. The van der Waals surface area contributed by atoms with Crippen molar-refractivity contribution >= 4 is 89.1 Å². The van der Waals surface area contributed by atoms with E-state index in [1.807, 2.05) is 6.92 Å². The van der Waals surface area contributed by atoms with E-state index in [0.29, 0.717) is 24.3 Å². The van der Waals surface area contributed by atoms with Gasteiger partial charge in [-0.1, -0.05) is 77.3 Å². The fraction of sp³-hybridized carbons (Fsp3) is 0.650. The van der Waals surface area contributed by atoms with Gasteiger partial charge >= 0.3 is 24.1 Å². The summed E-state index contributed by atoms with van der Waals surface area (Å²) in [5.74, 6) is -11.2. The molecule has 0 aromatic heterocycles. The molecular weight excluding hydrogens is 1270 g/mol. The van der Waals surface area contributed by atoms with E-state index < -0.39 is 194 Å². The van der Waals surface area contributed by atoms with Crippen molar-refractivity contribution in [1.29, 1.82) is 0 Å². The summed E-state index contributed by atoms with van der Waals surface area (Å²) in [5.41, 5.74) is 27.6. The van der Waals surface area contributed by atoms with Crippen LogP contribution in [0.3, 0.4) is 0 Å². The fourth-order valence-electron chi connectivity index (χ4n) is 9.81. The molecular formula is C60H102N20O17. The maximum Gasteiger partial charge on any atom is 0.312 e. The first-order chi connectivity index (χ1) is 45.8. The topological polar surface area (TPSA) is 607 Å². The number of carbonyl (C=O) groups excluding carboxylic acids is 15. The molecule has 0 aliphatic carbocycles. The van der Waals surface area contributed by atoms with Crippen LogP contribution in [0.15, 0.2) is 30.3 Å². The van der Waals surface area contributed by atoms with Crippen molar-refractivity contribution < 1.29 is 82.1 Å². The van der Waals surface area contributed by atoms with E-state index in [4.69, 9.17) is 28.7 Å². The lowest BCUT2D eigenvalue weighted by molar-refractivity contribution is -0.137. The Morgan fingerprint density at radius 3 is 1.52 bits per heavy atom. The highest BCUT2D eigenvalue weighted by molar-refractivity contribution is 5.99. The van der Waals surface area contributed by atoms with Crippen molar-refractivity contribution in [1.82, 2.24) is 79.8 Å². The molecule has 37 nitrogen and oxygen atoms in total. The number of benzene rings is 1. The number of carbonyl (C=O) groups is 15. The van der Waals surface area contributed by atoms with Gasteiger partial charge in [0.15, 0.2) is 0 Å². The van der Waals surface area contributed by atoms with Gasteiger partial charge in [0.1, 0.15) is 60.4 Å². The minimum Gasteiger partial charge on any atom is -0.391 e. The molecule has 19 amide bonds. The van der Waals surface area contributed by atoms with E-state index >= 15 is 0 Å². The number of urea groups is 4. The van der Waals surface area contributed by atoms with Crippen LogP contribution < -0.4 is 108 Å². The summed E-state index contributed by atoms with van der Waals surface area (Å²) >= 11 is 0. The Morgan fingerprint density at radius 2 is 1.01 bits per heavy atom. The average molecular weight is 1380 g/mol. The predicted molar refractivity (Wildman–Crippen MR) is 350 cm³/mol. The lowest BCUT2D eigenvalue weighted by atomic mass is 10.00. The molecule has 0 radical (unpaired) electrons. The number of hydrogen-bond acceptors (Lipinski definition) is 18. The molecule has 1 aromatic carbocycles. The first kappa shape index (κ1) is 83.4. The lowest BCUT2D eigenvalue weighted by Gasteiger charge is -2.29. The minimum atomic E-state index is -1.89. The van der Waals surface area contributed by atoms with Crippen LogP contribution in [0.4, 0.5) is 19.2 Å². The molecule has 1 aliphatic rings. The first-order valence-corrected chi connectivity index (χ1v) is 32.3. The zero-order chi connectivity index (χ0) is 72.9. The van der Waals surface area contributed by atoms with Gasteiger partial charge < -0.3 is 119 Å². The molecule has 27 N–H and O–H groups in total. The number of amides is 19. The number of nitrogens with two attached hydrogens (primary N) is 5. The van der Waals surface area contributed by atoms with Gasteiger partial charge in [0, 0.05) is 45.6 Å². The maximum absolute atomic E-state index is 14.7. The Labute approximate surface area is 562 Å². The highest BCUT2D eigenvalue weighted by Crippen LogP contribution is 2.14. The van der Waals surface area contributed by atoms with Crippen LogP contribution in [-0.2, 0) is 59.2 Å². The van der Waals surface area contributed by atoms with Crippen LogP contribution in [0.25, 0.3) is 0 Å².